The van der Waals surface area contributed by atoms with Gasteiger partial charge >= 0.3 is 5.97 Å². The van der Waals surface area contributed by atoms with Crippen molar-refractivity contribution in [1.29, 1.82) is 5.41 Å². The van der Waals surface area contributed by atoms with E-state index in [4.69, 9.17) is 22.0 Å². The Hall–Kier alpha value is -1.30. The Balaban J connectivity index is 3.94. The van der Waals surface area contributed by atoms with Crippen LogP contribution in [0, 0.1) is 5.41 Å². The minimum atomic E-state index is -0.993. The van der Waals surface area contributed by atoms with Crippen molar-refractivity contribution < 1.29 is 9.90 Å². The van der Waals surface area contributed by atoms with Gasteiger partial charge in [-0.15, -0.1) is 0 Å². The summed E-state index contributed by atoms with van der Waals surface area (Å²) in [6.07, 6.45) is 2.81. The molecule has 0 saturated carbocycles. The molecule has 6 nitrogen and oxygen atoms in total. The summed E-state index contributed by atoms with van der Waals surface area (Å²) in [5.41, 5.74) is 10.6. The van der Waals surface area contributed by atoms with Crippen molar-refractivity contribution in [2.75, 3.05) is 0 Å². The Morgan fingerprint density at radius 2 is 2.07 bits per heavy atom. The smallest absolute Gasteiger partial charge is 0.320 e. The van der Waals surface area contributed by atoms with Crippen LogP contribution in [0.15, 0.2) is 0 Å². The molecule has 0 aromatic rings. The third kappa shape index (κ3) is 6.73. The average Bonchev–Trinajstić information content (AvgIpc) is 2.13. The van der Waals surface area contributed by atoms with Crippen LogP contribution in [0.5, 0.6) is 0 Å². The minimum absolute atomic E-state index is 0.0397. The van der Waals surface area contributed by atoms with Gasteiger partial charge in [-0.2, -0.15) is 0 Å². The van der Waals surface area contributed by atoms with Gasteiger partial charge in [-0.25, -0.2) is 0 Å². The fourth-order valence-corrected chi connectivity index (χ4v) is 1.36. The standard InChI is InChI=1S/C9H20N4O2/c1-2-3-6(13-9(11)12)4-5-7(10)8(14)15/h6-7H,2-5,10H2,1H3,(H,14,15)(H4,11,12,13). The lowest BCUT2D eigenvalue weighted by molar-refractivity contribution is -0.138. The van der Waals surface area contributed by atoms with E-state index in [9.17, 15) is 4.79 Å². The first-order chi connectivity index (χ1) is 6.97. The Labute approximate surface area is 89.5 Å². The highest BCUT2D eigenvalue weighted by Gasteiger charge is 2.15. The van der Waals surface area contributed by atoms with Crippen LogP contribution in [-0.2, 0) is 4.79 Å². The van der Waals surface area contributed by atoms with Crippen LogP contribution in [0.2, 0.25) is 0 Å². The number of carboxylic acids is 1. The number of aliphatic carboxylic acids is 1. The van der Waals surface area contributed by atoms with Crippen LogP contribution in [-0.4, -0.2) is 29.1 Å². The van der Waals surface area contributed by atoms with Crippen molar-refractivity contribution in [3.05, 3.63) is 0 Å². The first-order valence-electron chi connectivity index (χ1n) is 5.06. The van der Waals surface area contributed by atoms with Gasteiger partial charge in [0, 0.05) is 6.04 Å². The van der Waals surface area contributed by atoms with Gasteiger partial charge in [-0.05, 0) is 19.3 Å². The van der Waals surface area contributed by atoms with Crippen LogP contribution in [0.1, 0.15) is 32.6 Å². The molecule has 0 aliphatic rings. The van der Waals surface area contributed by atoms with Crippen LogP contribution in [0.3, 0.4) is 0 Å². The number of guanidine groups is 1. The molecule has 0 aromatic heterocycles. The van der Waals surface area contributed by atoms with E-state index in [0.717, 1.165) is 12.8 Å². The van der Waals surface area contributed by atoms with E-state index < -0.39 is 12.0 Å². The summed E-state index contributed by atoms with van der Waals surface area (Å²) in [5, 5.41) is 18.5. The molecule has 2 unspecified atom stereocenters. The molecule has 0 heterocycles. The maximum atomic E-state index is 10.5. The summed E-state index contributed by atoms with van der Waals surface area (Å²) in [5.74, 6) is -1.08. The molecule has 0 aliphatic heterocycles. The third-order valence-electron chi connectivity index (χ3n) is 2.14. The zero-order chi connectivity index (χ0) is 11.8. The molecule has 2 atom stereocenters. The number of rotatable bonds is 7. The van der Waals surface area contributed by atoms with Crippen molar-refractivity contribution in [2.45, 2.75) is 44.7 Å². The van der Waals surface area contributed by atoms with Gasteiger partial charge < -0.3 is 21.9 Å². The van der Waals surface area contributed by atoms with Gasteiger partial charge in [0.15, 0.2) is 5.96 Å². The fraction of sp³-hybridized carbons (Fsp3) is 0.778. The lowest BCUT2D eigenvalue weighted by atomic mass is 10.0. The third-order valence-corrected chi connectivity index (χ3v) is 2.14. The van der Waals surface area contributed by atoms with Crippen LogP contribution < -0.4 is 16.8 Å². The number of hydrogen-bond donors (Lipinski definition) is 5. The van der Waals surface area contributed by atoms with Gasteiger partial charge in [0.1, 0.15) is 6.04 Å². The van der Waals surface area contributed by atoms with E-state index >= 15 is 0 Å². The molecule has 0 rings (SSSR count). The van der Waals surface area contributed by atoms with Crippen molar-refractivity contribution in [3.63, 3.8) is 0 Å². The molecule has 7 N–H and O–H groups in total. The lowest BCUT2D eigenvalue weighted by Crippen LogP contribution is -2.40. The highest BCUT2D eigenvalue weighted by Crippen LogP contribution is 2.06. The Morgan fingerprint density at radius 3 is 2.47 bits per heavy atom. The van der Waals surface area contributed by atoms with Crippen molar-refractivity contribution in [3.8, 4) is 0 Å². The fourth-order valence-electron chi connectivity index (χ4n) is 1.36. The number of carbonyl (C=O) groups is 1. The van der Waals surface area contributed by atoms with E-state index in [0.29, 0.717) is 12.8 Å². The van der Waals surface area contributed by atoms with Gasteiger partial charge in [-0.3, -0.25) is 10.2 Å². The normalized spacial score (nSPS) is 14.3. The molecule has 15 heavy (non-hydrogen) atoms. The van der Waals surface area contributed by atoms with E-state index in [1.165, 1.54) is 0 Å². The number of carboxylic acid groups (broad SMARTS) is 1. The van der Waals surface area contributed by atoms with E-state index in [2.05, 4.69) is 5.32 Å². The average molecular weight is 216 g/mol. The minimum Gasteiger partial charge on any atom is -0.480 e. The number of hydrogen-bond acceptors (Lipinski definition) is 3. The zero-order valence-electron chi connectivity index (χ0n) is 8.99. The predicted octanol–water partition coefficient (Wildman–Crippen LogP) is -0.170. The Morgan fingerprint density at radius 1 is 1.47 bits per heavy atom. The summed E-state index contributed by atoms with van der Waals surface area (Å²) in [7, 11) is 0. The van der Waals surface area contributed by atoms with Gasteiger partial charge in [0.2, 0.25) is 0 Å². The maximum absolute atomic E-state index is 10.5. The monoisotopic (exact) mass is 216 g/mol. The molecule has 0 aromatic carbocycles. The molecule has 0 amide bonds. The van der Waals surface area contributed by atoms with Crippen LogP contribution in [0.25, 0.3) is 0 Å². The van der Waals surface area contributed by atoms with Crippen LogP contribution in [0.4, 0.5) is 0 Å². The SMILES string of the molecule is CCCC(CCC(N)C(=O)O)NC(=N)N. The van der Waals surface area contributed by atoms with Crippen molar-refractivity contribution >= 4 is 11.9 Å². The molecule has 0 aliphatic carbocycles. The van der Waals surface area contributed by atoms with E-state index in [1.807, 2.05) is 6.92 Å². The first kappa shape index (κ1) is 13.7. The van der Waals surface area contributed by atoms with Gasteiger partial charge in [0.25, 0.3) is 0 Å². The quantitative estimate of drug-likeness (QED) is 0.298. The molecule has 0 bridgehead atoms. The number of nitrogens with one attached hydrogen (secondary N) is 2. The molecule has 0 spiro atoms. The highest BCUT2D eigenvalue weighted by molar-refractivity contribution is 5.74. The van der Waals surface area contributed by atoms with Gasteiger partial charge in [0.05, 0.1) is 0 Å². The van der Waals surface area contributed by atoms with E-state index in [1.54, 1.807) is 0 Å². The molecule has 88 valence electrons. The zero-order valence-corrected chi connectivity index (χ0v) is 8.99. The summed E-state index contributed by atoms with van der Waals surface area (Å²) in [6, 6.07) is -0.795. The molecule has 0 radical (unpaired) electrons. The largest absolute Gasteiger partial charge is 0.480 e. The van der Waals surface area contributed by atoms with E-state index in [-0.39, 0.29) is 12.0 Å². The summed E-state index contributed by atoms with van der Waals surface area (Å²) >= 11 is 0. The second-order valence-corrected chi connectivity index (χ2v) is 3.57. The van der Waals surface area contributed by atoms with Crippen molar-refractivity contribution in [2.24, 2.45) is 11.5 Å². The van der Waals surface area contributed by atoms with Crippen molar-refractivity contribution in [1.82, 2.24) is 5.32 Å². The summed E-state index contributed by atoms with van der Waals surface area (Å²) in [6.45, 7) is 2.02. The van der Waals surface area contributed by atoms with Crippen LogP contribution >= 0.6 is 0 Å². The first-order valence-corrected chi connectivity index (χ1v) is 5.06. The molecule has 0 saturated heterocycles. The second-order valence-electron chi connectivity index (χ2n) is 3.57. The Kier molecular flexibility index (Phi) is 6.44. The van der Waals surface area contributed by atoms with Gasteiger partial charge in [-0.1, -0.05) is 13.3 Å². The summed E-state index contributed by atoms with van der Waals surface area (Å²) < 4.78 is 0. The molecule has 0 fully saturated rings. The Bertz CT molecular complexity index is 220. The second kappa shape index (κ2) is 7.05. The molecular formula is C9H20N4O2. The predicted molar refractivity (Wildman–Crippen MR) is 58.6 cm³/mol. The topological polar surface area (TPSA) is 125 Å². The number of nitrogens with two attached hydrogens (primary N) is 2. The highest BCUT2D eigenvalue weighted by atomic mass is 16.4. The molecule has 6 heteroatoms. The molecular weight excluding hydrogens is 196 g/mol. The lowest BCUT2D eigenvalue weighted by Gasteiger charge is -2.18. The summed E-state index contributed by atoms with van der Waals surface area (Å²) in [4.78, 5) is 10.5. The maximum Gasteiger partial charge on any atom is 0.320 e.